The summed E-state index contributed by atoms with van der Waals surface area (Å²) < 4.78 is 13.1. The number of aromatic nitrogens is 1. The lowest BCUT2D eigenvalue weighted by atomic mass is 10.2. The van der Waals surface area contributed by atoms with E-state index in [9.17, 15) is 9.18 Å². The van der Waals surface area contributed by atoms with Gasteiger partial charge in [-0.15, -0.1) is 0 Å². The van der Waals surface area contributed by atoms with Crippen LogP contribution in [0.15, 0.2) is 30.3 Å². The summed E-state index contributed by atoms with van der Waals surface area (Å²) in [4.78, 5) is 16.0. The number of carbonyl (C=O) groups excluding carboxylic acids is 1. The summed E-state index contributed by atoms with van der Waals surface area (Å²) >= 11 is 0. The third-order valence-electron chi connectivity index (χ3n) is 2.65. The number of halogens is 1. The van der Waals surface area contributed by atoms with E-state index in [-0.39, 0.29) is 11.7 Å². The maximum absolute atomic E-state index is 13.1. The van der Waals surface area contributed by atoms with Crippen molar-refractivity contribution in [2.45, 2.75) is 13.8 Å². The van der Waals surface area contributed by atoms with Crippen LogP contribution in [0.1, 0.15) is 21.6 Å². The van der Waals surface area contributed by atoms with E-state index in [4.69, 9.17) is 5.73 Å². The second-order valence-corrected chi connectivity index (χ2v) is 4.34. The second kappa shape index (κ2) is 5.06. The molecule has 2 rings (SSSR count). The van der Waals surface area contributed by atoms with Crippen LogP contribution < -0.4 is 11.1 Å². The van der Waals surface area contributed by atoms with E-state index in [2.05, 4.69) is 10.3 Å². The molecule has 19 heavy (non-hydrogen) atoms. The predicted octanol–water partition coefficient (Wildman–Crippen LogP) is 2.67. The Bertz CT molecular complexity index is 620. The first-order valence-electron chi connectivity index (χ1n) is 5.77. The number of nitrogens with one attached hydrogen (secondary N) is 1. The average Bonchev–Trinajstić information content (AvgIpc) is 2.32. The fourth-order valence-corrected chi connectivity index (χ4v) is 1.75. The van der Waals surface area contributed by atoms with Crippen LogP contribution in [0.3, 0.4) is 0 Å². The van der Waals surface area contributed by atoms with Gasteiger partial charge in [-0.3, -0.25) is 4.79 Å². The molecule has 0 fully saturated rings. The summed E-state index contributed by atoms with van der Waals surface area (Å²) in [6.45, 7) is 3.40. The Labute approximate surface area is 110 Å². The fourth-order valence-electron chi connectivity index (χ4n) is 1.75. The average molecular weight is 259 g/mol. The third-order valence-corrected chi connectivity index (χ3v) is 2.65. The lowest BCUT2D eigenvalue weighted by molar-refractivity contribution is 0.102. The number of rotatable bonds is 2. The molecule has 0 saturated carbocycles. The maximum atomic E-state index is 13.1. The first-order chi connectivity index (χ1) is 8.95. The number of hydrogen-bond donors (Lipinski definition) is 2. The van der Waals surface area contributed by atoms with Crippen molar-refractivity contribution in [2.24, 2.45) is 0 Å². The molecule has 0 atom stereocenters. The monoisotopic (exact) mass is 259 g/mol. The molecule has 0 unspecified atom stereocenters. The van der Waals surface area contributed by atoms with E-state index < -0.39 is 0 Å². The van der Waals surface area contributed by atoms with Gasteiger partial charge in [-0.25, -0.2) is 9.37 Å². The normalized spacial score (nSPS) is 10.3. The molecule has 4 nitrogen and oxygen atoms in total. The molecule has 0 saturated heterocycles. The number of benzene rings is 1. The Morgan fingerprint density at radius 2 is 2.00 bits per heavy atom. The van der Waals surface area contributed by atoms with E-state index in [0.717, 1.165) is 0 Å². The largest absolute Gasteiger partial charge is 0.384 e. The quantitative estimate of drug-likeness (QED) is 0.871. The highest BCUT2D eigenvalue weighted by molar-refractivity contribution is 6.04. The molecule has 1 aromatic carbocycles. The molecule has 98 valence electrons. The van der Waals surface area contributed by atoms with Gasteiger partial charge >= 0.3 is 0 Å². The van der Waals surface area contributed by atoms with Crippen molar-refractivity contribution in [1.82, 2.24) is 4.98 Å². The maximum Gasteiger partial charge on any atom is 0.255 e. The highest BCUT2D eigenvalue weighted by atomic mass is 19.1. The molecular weight excluding hydrogens is 245 g/mol. The standard InChI is InChI=1S/C14H14FN3O/c1-8-5-11(3-4-12(8)15)18-14(19)10-6-9(2)17-13(16)7-10/h3-7H,1-2H3,(H2,16,17)(H,18,19). The third kappa shape index (κ3) is 3.07. The summed E-state index contributed by atoms with van der Waals surface area (Å²) in [5.41, 5.74) is 7.70. The number of nitrogens with zero attached hydrogens (tertiary/aromatic N) is 1. The number of nitrogens with two attached hydrogens (primary N) is 1. The lowest BCUT2D eigenvalue weighted by Crippen LogP contribution is -2.13. The summed E-state index contributed by atoms with van der Waals surface area (Å²) in [6.07, 6.45) is 0. The molecular formula is C14H14FN3O. The van der Waals surface area contributed by atoms with Gasteiger partial charge in [0.2, 0.25) is 0 Å². The van der Waals surface area contributed by atoms with Crippen molar-refractivity contribution in [1.29, 1.82) is 0 Å². The van der Waals surface area contributed by atoms with Crippen molar-refractivity contribution >= 4 is 17.4 Å². The number of hydrogen-bond acceptors (Lipinski definition) is 3. The van der Waals surface area contributed by atoms with Crippen molar-refractivity contribution in [3.05, 3.63) is 53.0 Å². The van der Waals surface area contributed by atoms with Gasteiger partial charge in [0.05, 0.1) is 0 Å². The van der Waals surface area contributed by atoms with Crippen molar-refractivity contribution in [3.8, 4) is 0 Å². The molecule has 0 radical (unpaired) electrons. The van der Waals surface area contributed by atoms with Crippen molar-refractivity contribution in [3.63, 3.8) is 0 Å². The van der Waals surface area contributed by atoms with Crippen LogP contribution in [0.2, 0.25) is 0 Å². The van der Waals surface area contributed by atoms with E-state index in [1.807, 2.05) is 0 Å². The minimum Gasteiger partial charge on any atom is -0.384 e. The van der Waals surface area contributed by atoms with Gasteiger partial charge in [-0.2, -0.15) is 0 Å². The van der Waals surface area contributed by atoms with Gasteiger partial charge in [0.15, 0.2) is 0 Å². The molecule has 0 spiro atoms. The van der Waals surface area contributed by atoms with Crippen LogP contribution in [0.5, 0.6) is 0 Å². The van der Waals surface area contributed by atoms with Crippen LogP contribution in [-0.2, 0) is 0 Å². The number of aryl methyl sites for hydroxylation is 2. The first kappa shape index (κ1) is 13.0. The SMILES string of the molecule is Cc1cc(C(=O)Nc2ccc(F)c(C)c2)cc(N)n1. The number of anilines is 2. The van der Waals surface area contributed by atoms with E-state index in [1.54, 1.807) is 26.0 Å². The molecule has 0 aliphatic carbocycles. The van der Waals surface area contributed by atoms with Crippen LogP contribution in [0, 0.1) is 19.7 Å². The minimum atomic E-state index is -0.304. The Morgan fingerprint density at radius 1 is 1.26 bits per heavy atom. The number of pyridine rings is 1. The first-order valence-corrected chi connectivity index (χ1v) is 5.77. The Hall–Kier alpha value is -2.43. The van der Waals surface area contributed by atoms with E-state index in [0.29, 0.717) is 28.3 Å². The smallest absolute Gasteiger partial charge is 0.255 e. The molecule has 0 aliphatic rings. The van der Waals surface area contributed by atoms with Crippen molar-refractivity contribution in [2.75, 3.05) is 11.1 Å². The van der Waals surface area contributed by atoms with Gasteiger partial charge in [0.1, 0.15) is 11.6 Å². The highest BCUT2D eigenvalue weighted by Gasteiger charge is 2.09. The topological polar surface area (TPSA) is 68.0 Å². The Morgan fingerprint density at radius 3 is 2.63 bits per heavy atom. The summed E-state index contributed by atoms with van der Waals surface area (Å²) in [6, 6.07) is 7.54. The summed E-state index contributed by atoms with van der Waals surface area (Å²) in [7, 11) is 0. The van der Waals surface area contributed by atoms with Crippen LogP contribution in [-0.4, -0.2) is 10.9 Å². The molecule has 3 N–H and O–H groups in total. The van der Waals surface area contributed by atoms with Gasteiger partial charge in [-0.1, -0.05) is 0 Å². The predicted molar refractivity (Wildman–Crippen MR) is 72.5 cm³/mol. The van der Waals surface area contributed by atoms with E-state index in [1.165, 1.54) is 18.2 Å². The Kier molecular flexibility index (Phi) is 3.46. The van der Waals surface area contributed by atoms with Gasteiger partial charge in [0.25, 0.3) is 5.91 Å². The highest BCUT2D eigenvalue weighted by Crippen LogP contribution is 2.15. The van der Waals surface area contributed by atoms with Gasteiger partial charge in [-0.05, 0) is 49.7 Å². The van der Waals surface area contributed by atoms with E-state index >= 15 is 0 Å². The number of nitrogen functional groups attached to an aromatic ring is 1. The lowest BCUT2D eigenvalue weighted by Gasteiger charge is -2.07. The molecule has 0 bridgehead atoms. The molecule has 1 aromatic heterocycles. The van der Waals surface area contributed by atoms with Crippen LogP contribution in [0.25, 0.3) is 0 Å². The van der Waals surface area contributed by atoms with Crippen LogP contribution in [0.4, 0.5) is 15.9 Å². The van der Waals surface area contributed by atoms with Crippen molar-refractivity contribution < 1.29 is 9.18 Å². The molecule has 1 amide bonds. The summed E-state index contributed by atoms with van der Waals surface area (Å²) in [5.74, 6) is -0.314. The molecule has 1 heterocycles. The molecule has 5 heteroatoms. The molecule has 0 aliphatic heterocycles. The minimum absolute atomic E-state index is 0.292. The molecule has 2 aromatic rings. The zero-order valence-electron chi connectivity index (χ0n) is 10.7. The second-order valence-electron chi connectivity index (χ2n) is 4.34. The summed E-state index contributed by atoms with van der Waals surface area (Å²) in [5, 5.41) is 2.69. The van der Waals surface area contributed by atoms with Gasteiger partial charge < -0.3 is 11.1 Å². The zero-order chi connectivity index (χ0) is 14.0. The zero-order valence-corrected chi connectivity index (χ0v) is 10.7. The fraction of sp³-hybridized carbons (Fsp3) is 0.143. The van der Waals surface area contributed by atoms with Crippen LogP contribution >= 0.6 is 0 Å². The number of carbonyl (C=O) groups is 1. The van der Waals surface area contributed by atoms with Gasteiger partial charge in [0, 0.05) is 16.9 Å². The number of amides is 1. The Balaban J connectivity index is 2.22.